The molecule has 0 bridgehead atoms. The van der Waals surface area contributed by atoms with Crippen molar-refractivity contribution in [2.45, 2.75) is 39.5 Å². The van der Waals surface area contributed by atoms with Crippen molar-refractivity contribution in [3.05, 3.63) is 76.4 Å². The van der Waals surface area contributed by atoms with Gasteiger partial charge in [0.15, 0.2) is 5.78 Å². The van der Waals surface area contributed by atoms with Crippen molar-refractivity contribution in [3.8, 4) is 11.5 Å². The van der Waals surface area contributed by atoms with E-state index in [2.05, 4.69) is 24.5 Å². The molecular formula is C27H29FN2O4. The fourth-order valence-electron chi connectivity index (χ4n) is 4.86. The molecule has 1 heterocycles. The maximum absolute atomic E-state index is 14.3. The van der Waals surface area contributed by atoms with Gasteiger partial charge in [-0.1, -0.05) is 32.0 Å². The van der Waals surface area contributed by atoms with Crippen LogP contribution >= 0.6 is 0 Å². The van der Waals surface area contributed by atoms with Crippen LogP contribution < -0.4 is 20.1 Å². The van der Waals surface area contributed by atoms with E-state index < -0.39 is 17.6 Å². The second-order valence-electron chi connectivity index (χ2n) is 9.47. The summed E-state index contributed by atoms with van der Waals surface area (Å²) in [5.41, 5.74) is 2.85. The molecule has 1 aliphatic carbocycles. The molecule has 2 N–H and O–H groups in total. The highest BCUT2D eigenvalue weighted by Gasteiger charge is 2.43. The predicted octanol–water partition coefficient (Wildman–Crippen LogP) is 5.09. The smallest absolute Gasteiger partial charge is 0.254 e. The topological polar surface area (TPSA) is 76.7 Å². The Bertz CT molecular complexity index is 1230. The molecule has 7 heteroatoms. The first kappa shape index (κ1) is 23.5. The van der Waals surface area contributed by atoms with E-state index in [1.165, 1.54) is 19.2 Å². The third-order valence-electron chi connectivity index (χ3n) is 6.36. The van der Waals surface area contributed by atoms with Gasteiger partial charge in [0.05, 0.1) is 25.8 Å². The van der Waals surface area contributed by atoms with Gasteiger partial charge in [0.1, 0.15) is 17.3 Å². The number of Topliss-reactive ketones (excluding diaryl/α,β-unsaturated/α-hetero) is 1. The summed E-state index contributed by atoms with van der Waals surface area (Å²) in [4.78, 5) is 27.0. The largest absolute Gasteiger partial charge is 0.497 e. The van der Waals surface area contributed by atoms with Crippen molar-refractivity contribution in [2.75, 3.05) is 19.5 Å². The van der Waals surface area contributed by atoms with Crippen LogP contribution in [0, 0.1) is 11.2 Å². The molecular weight excluding hydrogens is 435 g/mol. The van der Waals surface area contributed by atoms with Crippen LogP contribution in [-0.2, 0) is 9.59 Å². The highest BCUT2D eigenvalue weighted by Crippen LogP contribution is 2.49. The molecule has 2 aliphatic rings. The first-order valence-electron chi connectivity index (χ1n) is 11.2. The van der Waals surface area contributed by atoms with Crippen LogP contribution in [-0.4, -0.2) is 25.9 Å². The summed E-state index contributed by atoms with van der Waals surface area (Å²) in [7, 11) is 3.10. The van der Waals surface area contributed by atoms with Crippen LogP contribution in [0.5, 0.6) is 11.5 Å². The van der Waals surface area contributed by atoms with Crippen molar-refractivity contribution in [3.63, 3.8) is 0 Å². The number of hydrogen-bond acceptors (Lipinski definition) is 5. The number of dihydropyridines is 1. The van der Waals surface area contributed by atoms with Gasteiger partial charge in [-0.15, -0.1) is 0 Å². The number of para-hydroxylation sites is 1. The van der Waals surface area contributed by atoms with E-state index in [-0.39, 0.29) is 16.9 Å². The van der Waals surface area contributed by atoms with Gasteiger partial charge in [0, 0.05) is 40.6 Å². The number of carbonyl (C=O) groups excluding carboxylic acids is 2. The number of halogens is 1. The maximum atomic E-state index is 14.3. The Morgan fingerprint density at radius 2 is 1.85 bits per heavy atom. The Morgan fingerprint density at radius 1 is 1.12 bits per heavy atom. The highest BCUT2D eigenvalue weighted by atomic mass is 19.1. The lowest BCUT2D eigenvalue weighted by atomic mass is 9.68. The lowest BCUT2D eigenvalue weighted by Crippen LogP contribution is -2.39. The average Bonchev–Trinajstić information content (AvgIpc) is 2.78. The number of amides is 1. The number of methoxy groups -OCH3 is 2. The van der Waals surface area contributed by atoms with Crippen molar-refractivity contribution in [1.29, 1.82) is 0 Å². The summed E-state index contributed by atoms with van der Waals surface area (Å²) in [6.07, 6.45) is 1.03. The SMILES string of the molecule is COc1ccc(C2C(C(=O)Nc3ccccc3F)=C(C)NC3=C2C(=O)CC(C)(C)C3)c(OC)c1. The Morgan fingerprint density at radius 3 is 2.53 bits per heavy atom. The van der Waals surface area contributed by atoms with Crippen molar-refractivity contribution < 1.29 is 23.5 Å². The zero-order valence-corrected chi connectivity index (χ0v) is 20.0. The standard InChI is InChI=1S/C27H29FN2O4/c1-15-23(26(32)30-19-9-7-6-8-18(19)28)24(17-11-10-16(33-4)12-22(17)34-5)25-20(29-15)13-27(2,3)14-21(25)31/h6-12,24,29H,13-14H2,1-5H3,(H,30,32). The molecule has 1 aliphatic heterocycles. The summed E-state index contributed by atoms with van der Waals surface area (Å²) in [6.45, 7) is 5.91. The van der Waals surface area contributed by atoms with Gasteiger partial charge in [-0.25, -0.2) is 4.39 Å². The summed E-state index contributed by atoms with van der Waals surface area (Å²) in [5, 5.41) is 6.00. The van der Waals surface area contributed by atoms with Crippen LogP contribution in [0.2, 0.25) is 0 Å². The van der Waals surface area contributed by atoms with E-state index in [9.17, 15) is 14.0 Å². The predicted molar refractivity (Wildman–Crippen MR) is 128 cm³/mol. The number of hydrogen-bond donors (Lipinski definition) is 2. The van der Waals surface area contributed by atoms with Crippen molar-refractivity contribution in [1.82, 2.24) is 5.32 Å². The van der Waals surface area contributed by atoms with E-state index in [0.29, 0.717) is 46.7 Å². The van der Waals surface area contributed by atoms with E-state index >= 15 is 0 Å². The average molecular weight is 465 g/mol. The Kier molecular flexibility index (Phi) is 6.21. The third kappa shape index (κ3) is 4.30. The summed E-state index contributed by atoms with van der Waals surface area (Å²) in [5.74, 6) is -0.621. The molecule has 0 spiro atoms. The highest BCUT2D eigenvalue weighted by molar-refractivity contribution is 6.10. The lowest BCUT2D eigenvalue weighted by Gasteiger charge is -2.40. The minimum atomic E-state index is -0.674. The molecule has 2 aromatic rings. The van der Waals surface area contributed by atoms with Crippen molar-refractivity contribution >= 4 is 17.4 Å². The molecule has 0 saturated heterocycles. The lowest BCUT2D eigenvalue weighted by molar-refractivity contribution is -0.118. The van der Waals surface area contributed by atoms with E-state index in [1.54, 1.807) is 38.3 Å². The van der Waals surface area contributed by atoms with E-state index in [4.69, 9.17) is 9.47 Å². The summed E-state index contributed by atoms with van der Waals surface area (Å²) >= 11 is 0. The Hall–Kier alpha value is -3.61. The maximum Gasteiger partial charge on any atom is 0.254 e. The van der Waals surface area contributed by atoms with Gasteiger partial charge < -0.3 is 20.1 Å². The first-order chi connectivity index (χ1) is 16.1. The molecule has 0 aromatic heterocycles. The third-order valence-corrected chi connectivity index (χ3v) is 6.36. The summed E-state index contributed by atoms with van der Waals surface area (Å²) in [6, 6.07) is 11.3. The van der Waals surface area contributed by atoms with E-state index in [0.717, 1.165) is 5.70 Å². The van der Waals surface area contributed by atoms with Crippen LogP contribution in [0.15, 0.2) is 65.0 Å². The number of benzene rings is 2. The van der Waals surface area contributed by atoms with Crippen LogP contribution in [0.1, 0.15) is 45.1 Å². The molecule has 6 nitrogen and oxygen atoms in total. The minimum Gasteiger partial charge on any atom is -0.497 e. The number of ether oxygens (including phenoxy) is 2. The summed E-state index contributed by atoms with van der Waals surface area (Å²) < 4.78 is 25.3. The number of allylic oxidation sites excluding steroid dienone is 3. The van der Waals surface area contributed by atoms with Crippen LogP contribution in [0.25, 0.3) is 0 Å². The van der Waals surface area contributed by atoms with Gasteiger partial charge in [-0.05, 0) is 37.0 Å². The van der Waals surface area contributed by atoms with Crippen LogP contribution in [0.3, 0.4) is 0 Å². The molecule has 0 radical (unpaired) electrons. The molecule has 0 fully saturated rings. The zero-order valence-electron chi connectivity index (χ0n) is 20.0. The van der Waals surface area contributed by atoms with Crippen molar-refractivity contribution in [2.24, 2.45) is 5.41 Å². The fraction of sp³-hybridized carbons (Fsp3) is 0.333. The van der Waals surface area contributed by atoms with Gasteiger partial charge in [0.25, 0.3) is 5.91 Å². The Balaban J connectivity index is 1.87. The van der Waals surface area contributed by atoms with E-state index in [1.807, 2.05) is 6.07 Å². The molecule has 1 atom stereocenters. The zero-order chi connectivity index (χ0) is 24.6. The van der Waals surface area contributed by atoms with Crippen LogP contribution in [0.4, 0.5) is 10.1 Å². The number of ketones is 1. The van der Waals surface area contributed by atoms with Gasteiger partial charge in [-0.2, -0.15) is 0 Å². The number of rotatable bonds is 5. The second-order valence-corrected chi connectivity index (χ2v) is 9.47. The first-order valence-corrected chi connectivity index (χ1v) is 11.2. The van der Waals surface area contributed by atoms with Gasteiger partial charge >= 0.3 is 0 Å². The number of carbonyl (C=O) groups is 2. The molecule has 34 heavy (non-hydrogen) atoms. The number of nitrogens with one attached hydrogen (secondary N) is 2. The minimum absolute atomic E-state index is 0.0229. The molecule has 0 saturated carbocycles. The quantitative estimate of drug-likeness (QED) is 0.645. The molecule has 1 amide bonds. The fourth-order valence-corrected chi connectivity index (χ4v) is 4.86. The molecule has 4 rings (SSSR count). The normalized spacial score (nSPS) is 19.4. The van der Waals surface area contributed by atoms with Gasteiger partial charge in [-0.3, -0.25) is 9.59 Å². The molecule has 2 aromatic carbocycles. The Labute approximate surface area is 198 Å². The van der Waals surface area contributed by atoms with Gasteiger partial charge in [0.2, 0.25) is 0 Å². The monoisotopic (exact) mass is 464 g/mol. The second kappa shape index (κ2) is 8.97. The molecule has 178 valence electrons. The molecule has 1 unspecified atom stereocenters. The number of anilines is 1.